The standard InChI is InChI=1S/C14H19N3O2S/c15-14(20)17-16-13(18)10-6-8-12(9-7-10)19-11-4-2-1-3-5-11/h6-9,11H,1-5H2,(H,16,18)(H3,15,17,20). The molecule has 0 aromatic heterocycles. The van der Waals surface area contributed by atoms with Crippen LogP contribution in [0.4, 0.5) is 0 Å². The smallest absolute Gasteiger partial charge is 0.269 e. The highest BCUT2D eigenvalue weighted by atomic mass is 32.1. The number of hydrazine groups is 1. The van der Waals surface area contributed by atoms with Gasteiger partial charge in [0.25, 0.3) is 5.91 Å². The Morgan fingerprint density at radius 2 is 1.80 bits per heavy atom. The summed E-state index contributed by atoms with van der Waals surface area (Å²) in [7, 11) is 0. The quantitative estimate of drug-likeness (QED) is 0.586. The van der Waals surface area contributed by atoms with Gasteiger partial charge in [0.05, 0.1) is 6.10 Å². The fraction of sp³-hybridized carbons (Fsp3) is 0.429. The van der Waals surface area contributed by atoms with Crippen LogP contribution in [-0.2, 0) is 0 Å². The lowest BCUT2D eigenvalue weighted by atomic mass is 9.98. The van der Waals surface area contributed by atoms with Crippen molar-refractivity contribution in [3.05, 3.63) is 29.8 Å². The summed E-state index contributed by atoms with van der Waals surface area (Å²) < 4.78 is 5.90. The second-order valence-corrected chi connectivity index (χ2v) is 5.29. The minimum atomic E-state index is -0.290. The third kappa shape index (κ3) is 4.38. The maximum absolute atomic E-state index is 11.7. The van der Waals surface area contributed by atoms with Crippen LogP contribution in [0.5, 0.6) is 5.75 Å². The Hall–Kier alpha value is -1.82. The molecule has 0 radical (unpaired) electrons. The SMILES string of the molecule is NC(=S)NNC(=O)c1ccc(OC2CCCCC2)cc1. The first-order valence-electron chi connectivity index (χ1n) is 6.77. The molecular weight excluding hydrogens is 274 g/mol. The molecule has 0 heterocycles. The molecule has 1 fully saturated rings. The van der Waals surface area contributed by atoms with E-state index >= 15 is 0 Å². The minimum Gasteiger partial charge on any atom is -0.490 e. The normalized spacial score (nSPS) is 15.4. The van der Waals surface area contributed by atoms with Crippen LogP contribution >= 0.6 is 12.2 Å². The van der Waals surface area contributed by atoms with Crippen LogP contribution in [-0.4, -0.2) is 17.1 Å². The van der Waals surface area contributed by atoms with Gasteiger partial charge in [0.2, 0.25) is 0 Å². The van der Waals surface area contributed by atoms with Gasteiger partial charge in [-0.1, -0.05) is 6.42 Å². The van der Waals surface area contributed by atoms with E-state index in [0.717, 1.165) is 18.6 Å². The lowest BCUT2D eigenvalue weighted by molar-refractivity contribution is 0.0944. The number of rotatable bonds is 3. The predicted molar refractivity (Wildman–Crippen MR) is 81.3 cm³/mol. The summed E-state index contributed by atoms with van der Waals surface area (Å²) in [6, 6.07) is 7.05. The molecule has 0 atom stereocenters. The zero-order valence-corrected chi connectivity index (χ0v) is 12.0. The van der Waals surface area contributed by atoms with E-state index in [9.17, 15) is 4.79 Å². The molecule has 1 saturated carbocycles. The molecule has 1 aliphatic carbocycles. The van der Waals surface area contributed by atoms with Crippen molar-refractivity contribution in [3.63, 3.8) is 0 Å². The molecule has 0 spiro atoms. The summed E-state index contributed by atoms with van der Waals surface area (Å²) in [5, 5.41) is 0.0237. The third-order valence-corrected chi connectivity index (χ3v) is 3.37. The van der Waals surface area contributed by atoms with Gasteiger partial charge in [0.15, 0.2) is 5.11 Å². The molecule has 6 heteroatoms. The first-order valence-corrected chi connectivity index (χ1v) is 7.18. The van der Waals surface area contributed by atoms with Gasteiger partial charge in [-0.15, -0.1) is 0 Å². The zero-order chi connectivity index (χ0) is 14.4. The zero-order valence-electron chi connectivity index (χ0n) is 11.2. The first kappa shape index (κ1) is 14.6. The van der Waals surface area contributed by atoms with Crippen molar-refractivity contribution in [1.29, 1.82) is 0 Å². The molecule has 0 unspecified atom stereocenters. The molecule has 0 saturated heterocycles. The molecule has 108 valence electrons. The average Bonchev–Trinajstić information content (AvgIpc) is 2.46. The van der Waals surface area contributed by atoms with Crippen molar-refractivity contribution in [2.24, 2.45) is 5.73 Å². The highest BCUT2D eigenvalue weighted by Gasteiger charge is 2.15. The van der Waals surface area contributed by atoms with E-state index in [1.165, 1.54) is 19.3 Å². The van der Waals surface area contributed by atoms with Gasteiger partial charge in [-0.25, -0.2) is 0 Å². The number of amides is 1. The maximum Gasteiger partial charge on any atom is 0.269 e. The Kier molecular flexibility index (Phi) is 5.17. The van der Waals surface area contributed by atoms with Gasteiger partial charge in [-0.2, -0.15) is 0 Å². The van der Waals surface area contributed by atoms with Gasteiger partial charge in [-0.05, 0) is 62.2 Å². The van der Waals surface area contributed by atoms with Crippen LogP contribution in [0.25, 0.3) is 0 Å². The summed E-state index contributed by atoms with van der Waals surface area (Å²) in [6.07, 6.45) is 6.29. The molecule has 1 aromatic rings. The summed E-state index contributed by atoms with van der Waals surface area (Å²) in [6.45, 7) is 0. The molecule has 5 nitrogen and oxygen atoms in total. The number of ether oxygens (including phenoxy) is 1. The highest BCUT2D eigenvalue weighted by molar-refractivity contribution is 7.80. The van der Waals surface area contributed by atoms with Crippen LogP contribution in [0.1, 0.15) is 42.5 Å². The molecule has 20 heavy (non-hydrogen) atoms. The Morgan fingerprint density at radius 1 is 1.15 bits per heavy atom. The lowest BCUT2D eigenvalue weighted by Crippen LogP contribution is -2.44. The number of nitrogens with one attached hydrogen (secondary N) is 2. The summed E-state index contributed by atoms with van der Waals surface area (Å²) in [4.78, 5) is 11.7. The monoisotopic (exact) mass is 293 g/mol. The molecule has 0 aliphatic heterocycles. The van der Waals surface area contributed by atoms with Crippen molar-refractivity contribution in [1.82, 2.24) is 10.9 Å². The van der Waals surface area contributed by atoms with Crippen LogP contribution in [0.3, 0.4) is 0 Å². The first-order chi connectivity index (χ1) is 9.65. The van der Waals surface area contributed by atoms with Crippen LogP contribution in [0.2, 0.25) is 0 Å². The van der Waals surface area contributed by atoms with E-state index in [1.54, 1.807) is 12.1 Å². The summed E-state index contributed by atoms with van der Waals surface area (Å²) in [5.74, 6) is 0.512. The molecule has 2 rings (SSSR count). The van der Waals surface area contributed by atoms with Gasteiger partial charge in [0, 0.05) is 5.56 Å². The molecule has 1 aliphatic rings. The number of carbonyl (C=O) groups is 1. The van der Waals surface area contributed by atoms with E-state index in [4.69, 9.17) is 10.5 Å². The molecule has 1 amide bonds. The maximum atomic E-state index is 11.7. The Balaban J connectivity index is 1.88. The van der Waals surface area contributed by atoms with Gasteiger partial charge >= 0.3 is 0 Å². The van der Waals surface area contributed by atoms with Crippen molar-refractivity contribution in [3.8, 4) is 5.75 Å². The number of carbonyl (C=O) groups excluding carboxylic acids is 1. The van der Waals surface area contributed by atoms with E-state index in [0.29, 0.717) is 11.7 Å². The second-order valence-electron chi connectivity index (χ2n) is 4.85. The Bertz CT molecular complexity index is 470. The number of nitrogens with two attached hydrogens (primary N) is 1. The number of hydrogen-bond donors (Lipinski definition) is 3. The lowest BCUT2D eigenvalue weighted by Gasteiger charge is -2.23. The van der Waals surface area contributed by atoms with E-state index in [-0.39, 0.29) is 11.0 Å². The summed E-state index contributed by atoms with van der Waals surface area (Å²) >= 11 is 4.61. The van der Waals surface area contributed by atoms with E-state index < -0.39 is 0 Å². The summed E-state index contributed by atoms with van der Waals surface area (Å²) in [5.41, 5.74) is 10.6. The van der Waals surface area contributed by atoms with E-state index in [2.05, 4.69) is 23.1 Å². The minimum absolute atomic E-state index is 0.0237. The average molecular weight is 293 g/mol. The van der Waals surface area contributed by atoms with Crippen molar-refractivity contribution in [2.75, 3.05) is 0 Å². The van der Waals surface area contributed by atoms with Gasteiger partial charge in [0.1, 0.15) is 5.75 Å². The number of hydrogen-bond acceptors (Lipinski definition) is 3. The Morgan fingerprint density at radius 3 is 2.40 bits per heavy atom. The topological polar surface area (TPSA) is 76.4 Å². The molecular formula is C14H19N3O2S. The number of thiocarbonyl (C=S) groups is 1. The van der Waals surface area contributed by atoms with E-state index in [1.807, 2.05) is 12.1 Å². The van der Waals surface area contributed by atoms with Crippen molar-refractivity contribution < 1.29 is 9.53 Å². The van der Waals surface area contributed by atoms with Gasteiger partial charge in [-0.3, -0.25) is 15.6 Å². The largest absolute Gasteiger partial charge is 0.490 e. The second kappa shape index (κ2) is 7.09. The Labute approximate surface area is 123 Å². The van der Waals surface area contributed by atoms with Crippen LogP contribution < -0.4 is 21.3 Å². The molecule has 0 bridgehead atoms. The fourth-order valence-corrected chi connectivity index (χ4v) is 2.30. The van der Waals surface area contributed by atoms with Crippen molar-refractivity contribution >= 4 is 23.2 Å². The fourth-order valence-electron chi connectivity index (χ4n) is 2.25. The molecule has 1 aromatic carbocycles. The highest BCUT2D eigenvalue weighted by Crippen LogP contribution is 2.23. The number of benzene rings is 1. The van der Waals surface area contributed by atoms with Crippen LogP contribution in [0.15, 0.2) is 24.3 Å². The van der Waals surface area contributed by atoms with Gasteiger partial charge < -0.3 is 10.5 Å². The predicted octanol–water partition coefficient (Wildman–Crippen LogP) is 1.88. The molecule has 4 N–H and O–H groups in total. The van der Waals surface area contributed by atoms with Crippen molar-refractivity contribution in [2.45, 2.75) is 38.2 Å². The van der Waals surface area contributed by atoms with Crippen LogP contribution in [0, 0.1) is 0 Å². The third-order valence-electron chi connectivity index (χ3n) is 3.27.